The lowest BCUT2D eigenvalue weighted by Crippen LogP contribution is -2.34. The lowest BCUT2D eigenvalue weighted by Gasteiger charge is -2.22. The van der Waals surface area contributed by atoms with Crippen LogP contribution in [0.1, 0.15) is 50.0 Å². The topological polar surface area (TPSA) is 71.8 Å². The molecule has 1 unspecified atom stereocenters. The number of nitrogens with one attached hydrogen (secondary N) is 2. The number of hydrogen-bond donors (Lipinski definition) is 2. The smallest absolute Gasteiger partial charge is 0.319 e. The zero-order valence-corrected chi connectivity index (χ0v) is 12.9. The van der Waals surface area contributed by atoms with Crippen molar-refractivity contribution in [2.24, 2.45) is 0 Å². The number of aromatic nitrogens is 3. The number of fused-ring (bicyclic) bond motifs is 1. The molecule has 0 saturated heterocycles. The van der Waals surface area contributed by atoms with Crippen LogP contribution >= 0.6 is 0 Å². The molecule has 0 aliphatic heterocycles. The Kier molecular flexibility index (Phi) is 4.09. The van der Waals surface area contributed by atoms with Crippen molar-refractivity contribution in [3.05, 3.63) is 42.0 Å². The van der Waals surface area contributed by atoms with Gasteiger partial charge in [-0.25, -0.2) is 4.79 Å². The van der Waals surface area contributed by atoms with Crippen LogP contribution in [0.5, 0.6) is 0 Å². The van der Waals surface area contributed by atoms with Crippen LogP contribution in [-0.2, 0) is 6.42 Å². The molecule has 0 radical (unpaired) electrons. The van der Waals surface area contributed by atoms with Crippen LogP contribution < -0.4 is 10.6 Å². The zero-order valence-electron chi connectivity index (χ0n) is 12.9. The van der Waals surface area contributed by atoms with E-state index < -0.39 is 0 Å². The Balaban J connectivity index is 1.70. The summed E-state index contributed by atoms with van der Waals surface area (Å²) in [5, 5.41) is 10.5. The third kappa shape index (κ3) is 3.10. The van der Waals surface area contributed by atoms with Crippen molar-refractivity contribution in [2.75, 3.05) is 5.32 Å². The normalized spacial score (nSPS) is 17.1. The van der Waals surface area contributed by atoms with Gasteiger partial charge >= 0.3 is 6.03 Å². The van der Waals surface area contributed by atoms with Crippen LogP contribution in [-0.4, -0.2) is 20.8 Å². The Hall–Kier alpha value is -2.37. The Morgan fingerprint density at radius 2 is 2.14 bits per heavy atom. The SMILES string of the molecule is CC(C)n1cc2c(n1)C(NC(=O)Nc1ccncc1)CCC2. The fraction of sp³-hybridized carbons (Fsp3) is 0.438. The summed E-state index contributed by atoms with van der Waals surface area (Å²) in [6.07, 6.45) is 8.43. The molecule has 22 heavy (non-hydrogen) atoms. The number of nitrogens with zero attached hydrogens (tertiary/aromatic N) is 3. The van der Waals surface area contributed by atoms with Gasteiger partial charge in [-0.05, 0) is 50.8 Å². The van der Waals surface area contributed by atoms with E-state index in [9.17, 15) is 4.79 Å². The Morgan fingerprint density at radius 1 is 1.36 bits per heavy atom. The second-order valence-corrected chi connectivity index (χ2v) is 5.89. The van der Waals surface area contributed by atoms with Gasteiger partial charge < -0.3 is 10.6 Å². The van der Waals surface area contributed by atoms with Crippen LogP contribution in [0.4, 0.5) is 10.5 Å². The van der Waals surface area contributed by atoms with Gasteiger partial charge in [0.05, 0.1) is 11.7 Å². The van der Waals surface area contributed by atoms with E-state index in [1.54, 1.807) is 24.5 Å². The number of carbonyl (C=O) groups excluding carboxylic acids is 1. The van der Waals surface area contributed by atoms with Gasteiger partial charge in [-0.15, -0.1) is 0 Å². The maximum absolute atomic E-state index is 12.2. The molecule has 0 saturated carbocycles. The molecule has 0 spiro atoms. The molecular formula is C16H21N5O. The van der Waals surface area contributed by atoms with Gasteiger partial charge in [0.15, 0.2) is 0 Å². The first-order valence-electron chi connectivity index (χ1n) is 7.69. The number of anilines is 1. The summed E-state index contributed by atoms with van der Waals surface area (Å²) in [5.74, 6) is 0. The van der Waals surface area contributed by atoms with Gasteiger partial charge in [0.2, 0.25) is 0 Å². The van der Waals surface area contributed by atoms with Gasteiger partial charge in [0, 0.05) is 30.3 Å². The molecule has 1 atom stereocenters. The molecule has 1 aliphatic carbocycles. The molecule has 6 nitrogen and oxygen atoms in total. The van der Waals surface area contributed by atoms with Crippen LogP contribution in [0.2, 0.25) is 0 Å². The molecule has 2 heterocycles. The summed E-state index contributed by atoms with van der Waals surface area (Å²) in [4.78, 5) is 16.1. The second kappa shape index (κ2) is 6.17. The summed E-state index contributed by atoms with van der Waals surface area (Å²) in [5.41, 5.74) is 2.98. The van der Waals surface area contributed by atoms with Crippen molar-refractivity contribution in [3.8, 4) is 0 Å². The number of pyridine rings is 1. The van der Waals surface area contributed by atoms with Crippen molar-refractivity contribution >= 4 is 11.7 Å². The molecule has 2 aromatic rings. The Bertz CT molecular complexity index is 650. The van der Waals surface area contributed by atoms with Gasteiger partial charge in [0.1, 0.15) is 0 Å². The van der Waals surface area contributed by atoms with Crippen molar-refractivity contribution in [1.82, 2.24) is 20.1 Å². The molecule has 6 heteroatoms. The first-order valence-corrected chi connectivity index (χ1v) is 7.69. The van der Waals surface area contributed by atoms with Gasteiger partial charge in [-0.3, -0.25) is 9.67 Å². The Labute approximate surface area is 129 Å². The fourth-order valence-corrected chi connectivity index (χ4v) is 2.73. The van der Waals surface area contributed by atoms with Crippen molar-refractivity contribution in [2.45, 2.75) is 45.2 Å². The lowest BCUT2D eigenvalue weighted by atomic mass is 9.94. The largest absolute Gasteiger partial charge is 0.329 e. The van der Waals surface area contributed by atoms with E-state index in [1.807, 2.05) is 4.68 Å². The van der Waals surface area contributed by atoms with Crippen LogP contribution in [0.3, 0.4) is 0 Å². The first-order chi connectivity index (χ1) is 10.6. The monoisotopic (exact) mass is 299 g/mol. The van der Waals surface area contributed by atoms with E-state index in [4.69, 9.17) is 0 Å². The van der Waals surface area contributed by atoms with Gasteiger partial charge in [0.25, 0.3) is 0 Å². The highest BCUT2D eigenvalue weighted by atomic mass is 16.2. The molecule has 2 amide bonds. The molecule has 3 rings (SSSR count). The fourth-order valence-electron chi connectivity index (χ4n) is 2.73. The minimum Gasteiger partial charge on any atom is -0.329 e. The number of aryl methyl sites for hydroxylation is 1. The molecule has 1 aliphatic rings. The standard InChI is InChI=1S/C16H21N5O/c1-11(2)21-10-12-4-3-5-14(15(12)20-21)19-16(22)18-13-6-8-17-9-7-13/h6-11,14H,3-5H2,1-2H3,(H2,17,18,19,22). The quantitative estimate of drug-likeness (QED) is 0.915. The zero-order chi connectivity index (χ0) is 15.5. The average molecular weight is 299 g/mol. The number of carbonyl (C=O) groups is 1. The highest BCUT2D eigenvalue weighted by molar-refractivity contribution is 5.89. The highest BCUT2D eigenvalue weighted by Gasteiger charge is 2.25. The van der Waals surface area contributed by atoms with E-state index in [2.05, 4.69) is 40.8 Å². The van der Waals surface area contributed by atoms with Crippen molar-refractivity contribution in [3.63, 3.8) is 0 Å². The summed E-state index contributed by atoms with van der Waals surface area (Å²) < 4.78 is 1.98. The minimum absolute atomic E-state index is 0.0226. The molecular weight excluding hydrogens is 278 g/mol. The molecule has 2 aromatic heterocycles. The number of urea groups is 1. The number of hydrogen-bond acceptors (Lipinski definition) is 3. The number of rotatable bonds is 3. The number of amides is 2. The minimum atomic E-state index is -0.205. The molecule has 0 fully saturated rings. The predicted octanol–water partition coefficient (Wildman–Crippen LogP) is 3.06. The molecule has 2 N–H and O–H groups in total. The maximum Gasteiger partial charge on any atom is 0.319 e. The summed E-state index contributed by atoms with van der Waals surface area (Å²) in [7, 11) is 0. The van der Waals surface area contributed by atoms with E-state index >= 15 is 0 Å². The lowest BCUT2D eigenvalue weighted by molar-refractivity contribution is 0.246. The van der Waals surface area contributed by atoms with Gasteiger partial charge in [-0.2, -0.15) is 5.10 Å². The predicted molar refractivity (Wildman–Crippen MR) is 84.7 cm³/mol. The molecule has 0 bridgehead atoms. The van der Waals surface area contributed by atoms with Crippen LogP contribution in [0, 0.1) is 0 Å². The van der Waals surface area contributed by atoms with E-state index in [0.29, 0.717) is 6.04 Å². The summed E-state index contributed by atoms with van der Waals surface area (Å²) >= 11 is 0. The second-order valence-electron chi connectivity index (χ2n) is 5.89. The maximum atomic E-state index is 12.2. The Morgan fingerprint density at radius 3 is 2.86 bits per heavy atom. The highest BCUT2D eigenvalue weighted by Crippen LogP contribution is 2.29. The van der Waals surface area contributed by atoms with Crippen LogP contribution in [0.15, 0.2) is 30.7 Å². The molecule has 0 aromatic carbocycles. The van der Waals surface area contributed by atoms with E-state index in [-0.39, 0.29) is 12.1 Å². The van der Waals surface area contributed by atoms with E-state index in [1.165, 1.54) is 5.56 Å². The van der Waals surface area contributed by atoms with Gasteiger partial charge in [-0.1, -0.05) is 0 Å². The average Bonchev–Trinajstić information content (AvgIpc) is 2.93. The first kappa shape index (κ1) is 14.6. The summed E-state index contributed by atoms with van der Waals surface area (Å²) in [6.45, 7) is 4.22. The third-order valence-corrected chi connectivity index (χ3v) is 3.88. The summed E-state index contributed by atoms with van der Waals surface area (Å²) in [6, 6.07) is 3.63. The van der Waals surface area contributed by atoms with E-state index in [0.717, 1.165) is 30.6 Å². The van der Waals surface area contributed by atoms with Crippen molar-refractivity contribution < 1.29 is 4.79 Å². The van der Waals surface area contributed by atoms with Crippen LogP contribution in [0.25, 0.3) is 0 Å². The third-order valence-electron chi connectivity index (χ3n) is 3.88. The van der Waals surface area contributed by atoms with Crippen molar-refractivity contribution in [1.29, 1.82) is 0 Å². The molecule has 116 valence electrons.